The predicted molar refractivity (Wildman–Crippen MR) is 85.7 cm³/mol. The van der Waals surface area contributed by atoms with Gasteiger partial charge in [0.15, 0.2) is 11.5 Å². The summed E-state index contributed by atoms with van der Waals surface area (Å²) in [4.78, 5) is 22.5. The quantitative estimate of drug-likeness (QED) is 0.870. The molecule has 23 heavy (non-hydrogen) atoms. The summed E-state index contributed by atoms with van der Waals surface area (Å²) in [7, 11) is 0. The van der Waals surface area contributed by atoms with Crippen LogP contribution in [0.2, 0.25) is 0 Å². The number of aromatic nitrogens is 2. The van der Waals surface area contributed by atoms with Gasteiger partial charge in [0.25, 0.3) is 5.91 Å². The van der Waals surface area contributed by atoms with Crippen molar-refractivity contribution in [1.82, 2.24) is 20.2 Å². The van der Waals surface area contributed by atoms with Crippen molar-refractivity contribution in [2.45, 2.75) is 25.3 Å². The SMILES string of the molecule is Nc1nccnc1C(=O)NC[C@H](c1ccco1)N1CCCCC1. The van der Waals surface area contributed by atoms with E-state index in [0.29, 0.717) is 6.54 Å². The van der Waals surface area contributed by atoms with Crippen molar-refractivity contribution < 1.29 is 9.21 Å². The fourth-order valence-corrected chi connectivity index (χ4v) is 2.92. The summed E-state index contributed by atoms with van der Waals surface area (Å²) in [5.74, 6) is 0.681. The van der Waals surface area contributed by atoms with Gasteiger partial charge in [-0.25, -0.2) is 9.97 Å². The van der Waals surface area contributed by atoms with Gasteiger partial charge in [-0.2, -0.15) is 0 Å². The molecule has 1 aliphatic rings. The van der Waals surface area contributed by atoms with E-state index in [0.717, 1.165) is 18.8 Å². The van der Waals surface area contributed by atoms with E-state index in [1.165, 1.54) is 31.7 Å². The van der Waals surface area contributed by atoms with Crippen LogP contribution >= 0.6 is 0 Å². The lowest BCUT2D eigenvalue weighted by atomic mass is 10.1. The minimum atomic E-state index is -0.316. The summed E-state index contributed by atoms with van der Waals surface area (Å²) in [6, 6.07) is 3.84. The highest BCUT2D eigenvalue weighted by Gasteiger charge is 2.25. The molecule has 0 unspecified atom stereocenters. The van der Waals surface area contributed by atoms with Crippen LogP contribution in [0.5, 0.6) is 0 Å². The maximum atomic E-state index is 12.3. The summed E-state index contributed by atoms with van der Waals surface area (Å²) in [5, 5.41) is 2.90. The molecule has 1 aliphatic heterocycles. The summed E-state index contributed by atoms with van der Waals surface area (Å²) in [6.45, 7) is 2.46. The van der Waals surface area contributed by atoms with Gasteiger partial charge in [0.1, 0.15) is 5.76 Å². The minimum absolute atomic E-state index is 0.0205. The second kappa shape index (κ2) is 7.23. The number of likely N-dealkylation sites (tertiary alicyclic amines) is 1. The van der Waals surface area contributed by atoms with E-state index in [9.17, 15) is 4.79 Å². The van der Waals surface area contributed by atoms with Crippen molar-refractivity contribution in [3.8, 4) is 0 Å². The monoisotopic (exact) mass is 315 g/mol. The molecule has 0 aliphatic carbocycles. The largest absolute Gasteiger partial charge is 0.468 e. The lowest BCUT2D eigenvalue weighted by Crippen LogP contribution is -2.40. The zero-order chi connectivity index (χ0) is 16.1. The molecule has 122 valence electrons. The third kappa shape index (κ3) is 3.68. The lowest BCUT2D eigenvalue weighted by molar-refractivity contribution is 0.0910. The van der Waals surface area contributed by atoms with Crippen molar-refractivity contribution in [2.24, 2.45) is 0 Å². The lowest BCUT2D eigenvalue weighted by Gasteiger charge is -2.33. The number of furan rings is 1. The van der Waals surface area contributed by atoms with Gasteiger partial charge in [0.2, 0.25) is 0 Å². The predicted octanol–water partition coefficient (Wildman–Crippen LogP) is 1.61. The first-order valence-corrected chi connectivity index (χ1v) is 7.88. The summed E-state index contributed by atoms with van der Waals surface area (Å²) in [5.41, 5.74) is 5.86. The topological polar surface area (TPSA) is 97.3 Å². The summed E-state index contributed by atoms with van der Waals surface area (Å²) >= 11 is 0. The van der Waals surface area contributed by atoms with Crippen molar-refractivity contribution in [1.29, 1.82) is 0 Å². The molecule has 7 nitrogen and oxygen atoms in total. The van der Waals surface area contributed by atoms with Gasteiger partial charge in [-0.15, -0.1) is 0 Å². The normalized spacial score (nSPS) is 16.9. The van der Waals surface area contributed by atoms with Gasteiger partial charge >= 0.3 is 0 Å². The molecule has 1 fully saturated rings. The Hall–Kier alpha value is -2.41. The third-order valence-corrected chi connectivity index (χ3v) is 4.10. The van der Waals surface area contributed by atoms with Crippen LogP contribution in [0.4, 0.5) is 5.82 Å². The average Bonchev–Trinajstić information content (AvgIpc) is 3.10. The number of piperidine rings is 1. The molecule has 0 saturated carbocycles. The molecule has 0 aromatic carbocycles. The molecule has 1 amide bonds. The van der Waals surface area contributed by atoms with Crippen molar-refractivity contribution in [3.05, 3.63) is 42.2 Å². The van der Waals surface area contributed by atoms with Crippen molar-refractivity contribution in [2.75, 3.05) is 25.4 Å². The van der Waals surface area contributed by atoms with Gasteiger partial charge < -0.3 is 15.5 Å². The first-order valence-electron chi connectivity index (χ1n) is 7.88. The van der Waals surface area contributed by atoms with Gasteiger partial charge in [0.05, 0.1) is 12.3 Å². The summed E-state index contributed by atoms with van der Waals surface area (Å²) in [6.07, 6.45) is 8.18. The third-order valence-electron chi connectivity index (χ3n) is 4.10. The number of nitrogen functional groups attached to an aromatic ring is 1. The smallest absolute Gasteiger partial charge is 0.273 e. The zero-order valence-corrected chi connectivity index (χ0v) is 12.9. The minimum Gasteiger partial charge on any atom is -0.468 e. The van der Waals surface area contributed by atoms with Gasteiger partial charge in [-0.1, -0.05) is 6.42 Å². The Bertz CT molecular complexity index is 638. The Morgan fingerprint density at radius 3 is 2.78 bits per heavy atom. The highest BCUT2D eigenvalue weighted by atomic mass is 16.3. The molecule has 0 spiro atoms. The zero-order valence-electron chi connectivity index (χ0n) is 12.9. The summed E-state index contributed by atoms with van der Waals surface area (Å²) < 4.78 is 5.56. The molecule has 0 bridgehead atoms. The van der Waals surface area contributed by atoms with Crippen LogP contribution in [0.1, 0.15) is 41.6 Å². The van der Waals surface area contributed by atoms with Crippen molar-refractivity contribution in [3.63, 3.8) is 0 Å². The Morgan fingerprint density at radius 1 is 1.30 bits per heavy atom. The number of carbonyl (C=O) groups is 1. The van der Waals surface area contributed by atoms with Crippen LogP contribution < -0.4 is 11.1 Å². The molecular weight excluding hydrogens is 294 g/mol. The number of hydrogen-bond acceptors (Lipinski definition) is 6. The van der Waals surface area contributed by atoms with Gasteiger partial charge in [0, 0.05) is 18.9 Å². The van der Waals surface area contributed by atoms with E-state index < -0.39 is 0 Å². The molecule has 3 N–H and O–H groups in total. The first kappa shape index (κ1) is 15.5. The fraction of sp³-hybridized carbons (Fsp3) is 0.438. The first-order chi connectivity index (χ1) is 11.3. The molecule has 7 heteroatoms. The number of nitrogens with two attached hydrogens (primary N) is 1. The number of carbonyl (C=O) groups excluding carboxylic acids is 1. The Morgan fingerprint density at radius 2 is 2.09 bits per heavy atom. The number of hydrogen-bond donors (Lipinski definition) is 2. The Labute approximate surface area is 134 Å². The molecule has 3 heterocycles. The number of nitrogens with zero attached hydrogens (tertiary/aromatic N) is 3. The van der Waals surface area contributed by atoms with E-state index in [1.54, 1.807) is 6.26 Å². The second-order valence-corrected chi connectivity index (χ2v) is 5.63. The van der Waals surface area contributed by atoms with Crippen molar-refractivity contribution >= 4 is 11.7 Å². The Balaban J connectivity index is 1.69. The highest BCUT2D eigenvalue weighted by Crippen LogP contribution is 2.24. The standard InChI is InChI=1S/C16H21N5O2/c17-15-14(18-6-7-19-15)16(22)20-11-12(13-5-4-10-23-13)21-8-2-1-3-9-21/h4-7,10,12H,1-3,8-9,11H2,(H2,17,19)(H,20,22)/t12-/m1/s1. The van der Waals surface area contributed by atoms with Gasteiger partial charge in [-0.3, -0.25) is 9.69 Å². The average molecular weight is 315 g/mol. The maximum Gasteiger partial charge on any atom is 0.273 e. The molecule has 3 rings (SSSR count). The number of anilines is 1. The number of nitrogens with one attached hydrogen (secondary N) is 1. The van der Waals surface area contributed by atoms with Crippen LogP contribution in [0, 0.1) is 0 Å². The van der Waals surface area contributed by atoms with E-state index in [2.05, 4.69) is 20.2 Å². The molecule has 2 aromatic rings. The molecular formula is C16H21N5O2. The highest BCUT2D eigenvalue weighted by molar-refractivity contribution is 5.96. The molecule has 2 aromatic heterocycles. The molecule has 0 radical (unpaired) electrons. The van der Waals surface area contributed by atoms with E-state index in [4.69, 9.17) is 10.2 Å². The maximum absolute atomic E-state index is 12.3. The molecule has 1 saturated heterocycles. The van der Waals surface area contributed by atoms with E-state index >= 15 is 0 Å². The van der Waals surface area contributed by atoms with Gasteiger partial charge in [-0.05, 0) is 38.1 Å². The molecule has 1 atom stereocenters. The van der Waals surface area contributed by atoms with E-state index in [-0.39, 0.29) is 23.5 Å². The number of amides is 1. The number of rotatable bonds is 5. The fourth-order valence-electron chi connectivity index (χ4n) is 2.92. The second-order valence-electron chi connectivity index (χ2n) is 5.63. The Kier molecular flexibility index (Phi) is 4.87. The van der Waals surface area contributed by atoms with Crippen LogP contribution in [0.3, 0.4) is 0 Å². The van der Waals surface area contributed by atoms with Crippen LogP contribution in [0.15, 0.2) is 35.2 Å². The van der Waals surface area contributed by atoms with Crippen LogP contribution in [0.25, 0.3) is 0 Å². The van der Waals surface area contributed by atoms with Crippen LogP contribution in [-0.2, 0) is 0 Å². The van der Waals surface area contributed by atoms with E-state index in [1.807, 2.05) is 12.1 Å². The van der Waals surface area contributed by atoms with Crippen LogP contribution in [-0.4, -0.2) is 40.4 Å².